The normalized spacial score (nSPS) is 27.7. The molecular weight excluding hydrogens is 246 g/mol. The molecule has 2 aliphatic rings. The van der Waals surface area contributed by atoms with Gasteiger partial charge in [-0.15, -0.1) is 0 Å². The van der Waals surface area contributed by atoms with Gasteiger partial charge < -0.3 is 20.6 Å². The third kappa shape index (κ3) is 3.37. The fourth-order valence-corrected chi connectivity index (χ4v) is 2.91. The second-order valence-corrected chi connectivity index (χ2v) is 6.08. The Hall–Kier alpha value is -1.30. The number of hydrogen-bond acceptors (Lipinski definition) is 3. The molecule has 0 radical (unpaired) electrons. The molecule has 0 aromatic carbocycles. The Bertz CT molecular complexity index is 370. The fraction of sp³-hybridized carbons (Fsp3) is 0.846. The summed E-state index contributed by atoms with van der Waals surface area (Å²) in [7, 11) is 0. The molecule has 0 aliphatic carbocycles. The van der Waals surface area contributed by atoms with Crippen molar-refractivity contribution in [2.45, 2.75) is 57.2 Å². The zero-order chi connectivity index (χ0) is 14.0. The lowest BCUT2D eigenvalue weighted by atomic mass is 9.98. The molecule has 2 unspecified atom stereocenters. The smallest absolute Gasteiger partial charge is 0.328 e. The number of amides is 2. The molecular formula is C13H23N3O3. The zero-order valence-corrected chi connectivity index (χ0v) is 11.6. The molecule has 19 heavy (non-hydrogen) atoms. The van der Waals surface area contributed by atoms with Gasteiger partial charge in [0.2, 0.25) is 0 Å². The molecule has 2 fully saturated rings. The van der Waals surface area contributed by atoms with Gasteiger partial charge in [0.25, 0.3) is 0 Å². The second-order valence-electron chi connectivity index (χ2n) is 6.08. The van der Waals surface area contributed by atoms with E-state index in [1.54, 1.807) is 0 Å². The Morgan fingerprint density at radius 1 is 1.26 bits per heavy atom. The number of hydrogen-bond donors (Lipinski definition) is 3. The average Bonchev–Trinajstić information content (AvgIpc) is 2.74. The van der Waals surface area contributed by atoms with Gasteiger partial charge in [-0.25, -0.2) is 9.59 Å². The van der Waals surface area contributed by atoms with E-state index in [1.807, 2.05) is 0 Å². The standard InChI is InChI=1S/C13H23N3O3/c1-13(2,11(17)18)15-12(19)14-9-5-7-16-6-3-4-10(16)8-9/h9-10H,3-8H2,1-2H3,(H,17,18)(H2,14,15,19). The van der Waals surface area contributed by atoms with E-state index >= 15 is 0 Å². The number of carboxylic acid groups (broad SMARTS) is 1. The molecule has 0 spiro atoms. The maximum atomic E-state index is 11.8. The van der Waals surface area contributed by atoms with Gasteiger partial charge in [-0.05, 0) is 46.1 Å². The first-order valence-electron chi connectivity index (χ1n) is 6.94. The lowest BCUT2D eigenvalue weighted by Gasteiger charge is -2.35. The van der Waals surface area contributed by atoms with E-state index in [0.29, 0.717) is 6.04 Å². The fourth-order valence-electron chi connectivity index (χ4n) is 2.91. The van der Waals surface area contributed by atoms with E-state index < -0.39 is 11.5 Å². The van der Waals surface area contributed by atoms with Gasteiger partial charge in [0.05, 0.1) is 0 Å². The van der Waals surface area contributed by atoms with Crippen LogP contribution in [0.4, 0.5) is 4.79 Å². The summed E-state index contributed by atoms with van der Waals surface area (Å²) in [5, 5.41) is 14.4. The van der Waals surface area contributed by atoms with Gasteiger partial charge in [0, 0.05) is 18.6 Å². The van der Waals surface area contributed by atoms with Crippen LogP contribution in [0.3, 0.4) is 0 Å². The molecule has 0 aromatic rings. The Morgan fingerprint density at radius 2 is 2.00 bits per heavy atom. The number of carbonyl (C=O) groups is 2. The Kier molecular flexibility index (Phi) is 3.99. The molecule has 108 valence electrons. The van der Waals surface area contributed by atoms with Crippen molar-refractivity contribution in [3.05, 3.63) is 0 Å². The number of nitrogens with zero attached hydrogens (tertiary/aromatic N) is 1. The molecule has 0 saturated carbocycles. The number of carboxylic acids is 1. The van der Waals surface area contributed by atoms with Gasteiger partial charge in [-0.2, -0.15) is 0 Å². The van der Waals surface area contributed by atoms with Gasteiger partial charge in [0.15, 0.2) is 0 Å². The van der Waals surface area contributed by atoms with Crippen LogP contribution in [0, 0.1) is 0 Å². The molecule has 0 aromatic heterocycles. The largest absolute Gasteiger partial charge is 0.480 e. The number of rotatable bonds is 3. The number of fused-ring (bicyclic) bond motifs is 1. The number of nitrogens with one attached hydrogen (secondary N) is 2. The van der Waals surface area contributed by atoms with Crippen LogP contribution in [0.5, 0.6) is 0 Å². The summed E-state index contributed by atoms with van der Waals surface area (Å²) in [6.07, 6.45) is 4.37. The summed E-state index contributed by atoms with van der Waals surface area (Å²) in [4.78, 5) is 25.3. The lowest BCUT2D eigenvalue weighted by molar-refractivity contribution is -0.142. The van der Waals surface area contributed by atoms with E-state index in [-0.39, 0.29) is 12.1 Å². The second kappa shape index (κ2) is 5.36. The molecule has 3 N–H and O–H groups in total. The number of urea groups is 1. The van der Waals surface area contributed by atoms with E-state index in [1.165, 1.54) is 33.2 Å². The summed E-state index contributed by atoms with van der Waals surface area (Å²) >= 11 is 0. The van der Waals surface area contributed by atoms with E-state index in [4.69, 9.17) is 5.11 Å². The third-order valence-corrected chi connectivity index (χ3v) is 4.12. The summed E-state index contributed by atoms with van der Waals surface area (Å²) in [6, 6.07) is 0.360. The van der Waals surface area contributed by atoms with Crippen LogP contribution in [0.15, 0.2) is 0 Å². The van der Waals surface area contributed by atoms with Crippen molar-refractivity contribution in [1.82, 2.24) is 15.5 Å². The zero-order valence-electron chi connectivity index (χ0n) is 11.6. The average molecular weight is 269 g/mol. The van der Waals surface area contributed by atoms with Crippen LogP contribution in [0.1, 0.15) is 39.5 Å². The molecule has 2 rings (SSSR count). The molecule has 2 heterocycles. The van der Waals surface area contributed by atoms with Crippen molar-refractivity contribution in [3.8, 4) is 0 Å². The molecule has 2 aliphatic heterocycles. The van der Waals surface area contributed by atoms with Crippen molar-refractivity contribution >= 4 is 12.0 Å². The number of aliphatic carboxylic acids is 1. The molecule has 2 amide bonds. The van der Waals surface area contributed by atoms with Crippen LogP contribution in [-0.2, 0) is 4.79 Å². The first-order chi connectivity index (χ1) is 8.88. The topological polar surface area (TPSA) is 81.7 Å². The van der Waals surface area contributed by atoms with E-state index in [0.717, 1.165) is 19.4 Å². The molecule has 2 atom stereocenters. The highest BCUT2D eigenvalue weighted by molar-refractivity contribution is 5.85. The molecule has 2 saturated heterocycles. The molecule has 6 heteroatoms. The lowest BCUT2D eigenvalue weighted by Crippen LogP contribution is -2.56. The Morgan fingerprint density at radius 3 is 2.68 bits per heavy atom. The first-order valence-corrected chi connectivity index (χ1v) is 6.94. The minimum absolute atomic E-state index is 0.156. The summed E-state index contributed by atoms with van der Waals surface area (Å²) in [6.45, 7) is 5.16. The minimum Gasteiger partial charge on any atom is -0.480 e. The van der Waals surface area contributed by atoms with Gasteiger partial charge >= 0.3 is 12.0 Å². The van der Waals surface area contributed by atoms with Crippen molar-refractivity contribution in [3.63, 3.8) is 0 Å². The predicted octanol–water partition coefficient (Wildman–Crippen LogP) is 0.776. The minimum atomic E-state index is -1.24. The van der Waals surface area contributed by atoms with Crippen molar-refractivity contribution in [1.29, 1.82) is 0 Å². The number of carbonyl (C=O) groups excluding carboxylic acids is 1. The maximum absolute atomic E-state index is 11.8. The van der Waals surface area contributed by atoms with Gasteiger partial charge in [-0.3, -0.25) is 0 Å². The van der Waals surface area contributed by atoms with E-state index in [2.05, 4.69) is 15.5 Å². The predicted molar refractivity (Wildman–Crippen MR) is 71.0 cm³/mol. The van der Waals surface area contributed by atoms with Crippen LogP contribution < -0.4 is 10.6 Å². The Balaban J connectivity index is 1.81. The highest BCUT2D eigenvalue weighted by Gasteiger charge is 2.34. The third-order valence-electron chi connectivity index (χ3n) is 4.12. The highest BCUT2D eigenvalue weighted by atomic mass is 16.4. The Labute approximate surface area is 113 Å². The first kappa shape index (κ1) is 14.1. The van der Waals surface area contributed by atoms with Gasteiger partial charge in [0.1, 0.15) is 5.54 Å². The molecule has 0 bridgehead atoms. The van der Waals surface area contributed by atoms with Crippen LogP contribution in [0.2, 0.25) is 0 Å². The quantitative estimate of drug-likeness (QED) is 0.707. The number of piperidine rings is 1. The summed E-state index contributed by atoms with van der Waals surface area (Å²) in [5.41, 5.74) is -1.24. The maximum Gasteiger partial charge on any atom is 0.328 e. The molecule has 6 nitrogen and oxygen atoms in total. The van der Waals surface area contributed by atoms with Gasteiger partial charge in [-0.1, -0.05) is 0 Å². The van der Waals surface area contributed by atoms with Crippen molar-refractivity contribution in [2.75, 3.05) is 13.1 Å². The monoisotopic (exact) mass is 269 g/mol. The SMILES string of the molecule is CC(C)(NC(=O)NC1CCN2CCCC2C1)C(=O)O. The van der Waals surface area contributed by atoms with Crippen LogP contribution >= 0.6 is 0 Å². The van der Waals surface area contributed by atoms with Crippen molar-refractivity contribution < 1.29 is 14.7 Å². The van der Waals surface area contributed by atoms with Crippen LogP contribution in [0.25, 0.3) is 0 Å². The van der Waals surface area contributed by atoms with Crippen molar-refractivity contribution in [2.24, 2.45) is 0 Å². The summed E-state index contributed by atoms with van der Waals surface area (Å²) in [5.74, 6) is -1.03. The summed E-state index contributed by atoms with van der Waals surface area (Å²) < 4.78 is 0. The van der Waals surface area contributed by atoms with Crippen LogP contribution in [-0.4, -0.2) is 52.7 Å². The van der Waals surface area contributed by atoms with E-state index in [9.17, 15) is 9.59 Å². The highest BCUT2D eigenvalue weighted by Crippen LogP contribution is 2.26.